The van der Waals surface area contributed by atoms with Crippen molar-refractivity contribution in [3.05, 3.63) is 17.8 Å². The second-order valence-corrected chi connectivity index (χ2v) is 3.85. The fraction of sp³-hybridized carbons (Fsp3) is 0.300. The smallest absolute Gasteiger partial charge is 0.242 e. The molecular formula is C10H13N5O. The molecule has 6 heteroatoms. The number of primary amides is 1. The summed E-state index contributed by atoms with van der Waals surface area (Å²) in [5.74, 6) is -0.251. The average molecular weight is 219 g/mol. The molecule has 0 saturated heterocycles. The van der Waals surface area contributed by atoms with Gasteiger partial charge in [0.15, 0.2) is 5.82 Å². The number of rotatable bonds is 3. The minimum atomic E-state index is -0.977. The highest BCUT2D eigenvalue weighted by atomic mass is 16.1. The van der Waals surface area contributed by atoms with Gasteiger partial charge in [0.2, 0.25) is 5.91 Å². The van der Waals surface area contributed by atoms with Crippen molar-refractivity contribution < 1.29 is 4.79 Å². The summed E-state index contributed by atoms with van der Waals surface area (Å²) in [4.78, 5) is 15.1. The van der Waals surface area contributed by atoms with Gasteiger partial charge in [0, 0.05) is 6.20 Å². The Morgan fingerprint density at radius 3 is 2.75 bits per heavy atom. The molecule has 0 bridgehead atoms. The molecule has 1 rings (SSSR count). The molecule has 84 valence electrons. The number of pyridine rings is 1. The maximum absolute atomic E-state index is 11.1. The molecule has 0 aromatic carbocycles. The molecule has 0 aliphatic heterocycles. The van der Waals surface area contributed by atoms with Crippen molar-refractivity contribution in [2.45, 2.75) is 19.4 Å². The predicted molar refractivity (Wildman–Crippen MR) is 60.3 cm³/mol. The average Bonchev–Trinajstić information content (AvgIpc) is 2.20. The summed E-state index contributed by atoms with van der Waals surface area (Å²) in [6, 6.07) is 3.43. The molecule has 5 N–H and O–H groups in total. The number of carbonyl (C=O) groups is 1. The molecule has 6 nitrogen and oxygen atoms in total. The van der Waals surface area contributed by atoms with Gasteiger partial charge in [0.05, 0.1) is 11.3 Å². The molecule has 0 saturated carbocycles. The van der Waals surface area contributed by atoms with Gasteiger partial charge in [0.25, 0.3) is 0 Å². The molecule has 0 fully saturated rings. The number of aromatic nitrogens is 1. The number of carbonyl (C=O) groups excluding carboxylic acids is 1. The Kier molecular flexibility index (Phi) is 2.99. The molecular weight excluding hydrogens is 206 g/mol. The van der Waals surface area contributed by atoms with E-state index in [9.17, 15) is 4.79 Å². The number of nitrogens with two attached hydrogens (primary N) is 2. The summed E-state index contributed by atoms with van der Waals surface area (Å²) in [6.45, 7) is 3.21. The zero-order chi connectivity index (χ0) is 12.3. The molecule has 16 heavy (non-hydrogen) atoms. The first kappa shape index (κ1) is 11.8. The van der Waals surface area contributed by atoms with Gasteiger partial charge in [-0.3, -0.25) is 4.79 Å². The highest BCUT2D eigenvalue weighted by Gasteiger charge is 2.26. The Morgan fingerprint density at radius 2 is 2.25 bits per heavy atom. The molecule has 0 unspecified atom stereocenters. The third kappa shape index (κ3) is 2.20. The molecule has 0 aliphatic carbocycles. The van der Waals surface area contributed by atoms with Gasteiger partial charge in [-0.05, 0) is 19.9 Å². The number of hydrogen-bond acceptors (Lipinski definition) is 5. The van der Waals surface area contributed by atoms with Crippen LogP contribution < -0.4 is 16.8 Å². The zero-order valence-electron chi connectivity index (χ0n) is 9.11. The Hall–Kier alpha value is -2.29. The SMILES string of the molecule is CC(C)(Nc1nccc(C#N)c1N)C(N)=O. The molecule has 1 aromatic rings. The van der Waals surface area contributed by atoms with Crippen molar-refractivity contribution in [3.8, 4) is 6.07 Å². The van der Waals surface area contributed by atoms with Crippen LogP contribution in [0.2, 0.25) is 0 Å². The number of nitriles is 1. The molecule has 0 aliphatic rings. The topological polar surface area (TPSA) is 118 Å². The molecule has 1 amide bonds. The van der Waals surface area contributed by atoms with Crippen molar-refractivity contribution in [2.75, 3.05) is 11.1 Å². The van der Waals surface area contributed by atoms with Crippen LogP contribution in [-0.4, -0.2) is 16.4 Å². The number of amides is 1. The van der Waals surface area contributed by atoms with Crippen molar-refractivity contribution in [1.82, 2.24) is 4.98 Å². The summed E-state index contributed by atoms with van der Waals surface area (Å²) in [5, 5.41) is 11.6. The van der Waals surface area contributed by atoms with E-state index in [2.05, 4.69) is 10.3 Å². The van der Waals surface area contributed by atoms with E-state index in [0.717, 1.165) is 0 Å². The number of hydrogen-bond donors (Lipinski definition) is 3. The van der Waals surface area contributed by atoms with Gasteiger partial charge in [-0.25, -0.2) is 4.98 Å². The summed E-state index contributed by atoms with van der Waals surface area (Å²) in [7, 11) is 0. The van der Waals surface area contributed by atoms with Gasteiger partial charge < -0.3 is 16.8 Å². The van der Waals surface area contributed by atoms with Crippen LogP contribution in [0.25, 0.3) is 0 Å². The molecule has 0 atom stereocenters. The monoisotopic (exact) mass is 219 g/mol. The van der Waals surface area contributed by atoms with E-state index in [1.54, 1.807) is 13.8 Å². The quantitative estimate of drug-likeness (QED) is 0.671. The first-order valence-electron chi connectivity index (χ1n) is 4.61. The lowest BCUT2D eigenvalue weighted by Gasteiger charge is -2.23. The number of nitrogens with zero attached hydrogens (tertiary/aromatic N) is 2. The number of nitrogens with one attached hydrogen (secondary N) is 1. The maximum atomic E-state index is 11.1. The van der Waals surface area contributed by atoms with Crippen molar-refractivity contribution >= 4 is 17.4 Å². The predicted octanol–water partition coefficient (Wildman–Crippen LogP) is 0.211. The van der Waals surface area contributed by atoms with Crippen LogP contribution in [0.5, 0.6) is 0 Å². The second kappa shape index (κ2) is 4.06. The summed E-state index contributed by atoms with van der Waals surface area (Å²) in [6.07, 6.45) is 1.44. The van der Waals surface area contributed by atoms with Crippen LogP contribution in [0.4, 0.5) is 11.5 Å². The standard InChI is InChI=1S/C10H13N5O/c1-10(2,9(13)16)15-8-7(12)6(5-11)3-4-14-8/h3-4H,12H2,1-2H3,(H2,13,16)(H,14,15). The fourth-order valence-corrected chi connectivity index (χ4v) is 1.03. The second-order valence-electron chi connectivity index (χ2n) is 3.85. The van der Waals surface area contributed by atoms with E-state index in [4.69, 9.17) is 16.7 Å². The Labute approximate surface area is 93.3 Å². The largest absolute Gasteiger partial charge is 0.395 e. The summed E-state index contributed by atoms with van der Waals surface area (Å²) < 4.78 is 0. The lowest BCUT2D eigenvalue weighted by Crippen LogP contribution is -2.45. The molecule has 0 radical (unpaired) electrons. The van der Waals surface area contributed by atoms with E-state index in [0.29, 0.717) is 5.56 Å². The minimum Gasteiger partial charge on any atom is -0.395 e. The lowest BCUT2D eigenvalue weighted by atomic mass is 10.0. The van der Waals surface area contributed by atoms with Crippen molar-refractivity contribution in [1.29, 1.82) is 5.26 Å². The van der Waals surface area contributed by atoms with E-state index >= 15 is 0 Å². The number of anilines is 2. The molecule has 1 aromatic heterocycles. The summed E-state index contributed by atoms with van der Waals surface area (Å²) in [5.41, 5.74) is 10.4. The van der Waals surface area contributed by atoms with Gasteiger partial charge in [-0.1, -0.05) is 0 Å². The van der Waals surface area contributed by atoms with E-state index < -0.39 is 11.4 Å². The third-order valence-corrected chi connectivity index (χ3v) is 2.16. The Morgan fingerprint density at radius 1 is 1.62 bits per heavy atom. The lowest BCUT2D eigenvalue weighted by molar-refractivity contribution is -0.121. The van der Waals surface area contributed by atoms with Gasteiger partial charge in [-0.15, -0.1) is 0 Å². The number of nitrogen functional groups attached to an aromatic ring is 1. The van der Waals surface area contributed by atoms with Crippen LogP contribution >= 0.6 is 0 Å². The Balaban J connectivity index is 3.08. The van der Waals surface area contributed by atoms with Crippen molar-refractivity contribution in [2.24, 2.45) is 5.73 Å². The highest BCUT2D eigenvalue weighted by Crippen LogP contribution is 2.22. The zero-order valence-corrected chi connectivity index (χ0v) is 9.11. The van der Waals surface area contributed by atoms with Crippen molar-refractivity contribution in [3.63, 3.8) is 0 Å². The van der Waals surface area contributed by atoms with Crippen LogP contribution in [-0.2, 0) is 4.79 Å². The highest BCUT2D eigenvalue weighted by molar-refractivity contribution is 5.88. The minimum absolute atomic E-state index is 0.208. The summed E-state index contributed by atoms with van der Waals surface area (Å²) >= 11 is 0. The van der Waals surface area contributed by atoms with Gasteiger partial charge >= 0.3 is 0 Å². The van der Waals surface area contributed by atoms with Gasteiger partial charge in [-0.2, -0.15) is 5.26 Å². The third-order valence-electron chi connectivity index (χ3n) is 2.16. The van der Waals surface area contributed by atoms with Crippen LogP contribution in [0.15, 0.2) is 12.3 Å². The van der Waals surface area contributed by atoms with E-state index in [1.165, 1.54) is 12.3 Å². The first-order valence-corrected chi connectivity index (χ1v) is 4.61. The fourth-order valence-electron chi connectivity index (χ4n) is 1.03. The van der Waals surface area contributed by atoms with E-state index in [-0.39, 0.29) is 11.5 Å². The Bertz CT molecular complexity index is 461. The maximum Gasteiger partial charge on any atom is 0.242 e. The molecule has 1 heterocycles. The van der Waals surface area contributed by atoms with E-state index in [1.807, 2.05) is 6.07 Å². The van der Waals surface area contributed by atoms with Crippen LogP contribution in [0.3, 0.4) is 0 Å². The van der Waals surface area contributed by atoms with Crippen LogP contribution in [0, 0.1) is 11.3 Å². The van der Waals surface area contributed by atoms with Gasteiger partial charge in [0.1, 0.15) is 11.6 Å². The van der Waals surface area contributed by atoms with Crippen LogP contribution in [0.1, 0.15) is 19.4 Å². The normalized spacial score (nSPS) is 10.6. The molecule has 0 spiro atoms. The first-order chi connectivity index (χ1) is 7.38.